The fourth-order valence-electron chi connectivity index (χ4n) is 1.83. The fourth-order valence-corrected chi connectivity index (χ4v) is 2.77. The zero-order valence-corrected chi connectivity index (χ0v) is 10.8. The highest BCUT2D eigenvalue weighted by atomic mass is 32.2. The van der Waals surface area contributed by atoms with Gasteiger partial charge >= 0.3 is 0 Å². The summed E-state index contributed by atoms with van der Waals surface area (Å²) in [7, 11) is 0. The third-order valence-corrected chi connectivity index (χ3v) is 4.07. The number of aromatic nitrogens is 3. The molecule has 1 unspecified atom stereocenters. The van der Waals surface area contributed by atoms with Crippen LogP contribution in [-0.4, -0.2) is 44.1 Å². The highest BCUT2D eigenvalue weighted by molar-refractivity contribution is 7.99. The van der Waals surface area contributed by atoms with E-state index in [-0.39, 0.29) is 12.6 Å². The van der Waals surface area contributed by atoms with E-state index in [1.807, 2.05) is 28.8 Å². The standard InChI is InChI=1S/C12H16N4OS/c17-7-10(13-9-4-5-9)8-18-12-15-14-11-3-1-2-6-16(11)12/h1-3,6,9-10,13,17H,4-5,7-8H2. The highest BCUT2D eigenvalue weighted by Crippen LogP contribution is 2.22. The second-order valence-corrected chi connectivity index (χ2v) is 5.53. The summed E-state index contributed by atoms with van der Waals surface area (Å²) < 4.78 is 1.97. The molecule has 1 aliphatic rings. The van der Waals surface area contributed by atoms with Crippen molar-refractivity contribution < 1.29 is 5.11 Å². The molecule has 6 heteroatoms. The molecule has 2 heterocycles. The first kappa shape index (κ1) is 12.0. The topological polar surface area (TPSA) is 62.5 Å². The Morgan fingerprint density at radius 2 is 2.33 bits per heavy atom. The van der Waals surface area contributed by atoms with E-state index in [0.717, 1.165) is 16.6 Å². The summed E-state index contributed by atoms with van der Waals surface area (Å²) in [6.07, 6.45) is 4.42. The number of fused-ring (bicyclic) bond motifs is 1. The number of nitrogens with zero attached hydrogens (tertiary/aromatic N) is 3. The predicted octanol–water partition coefficient (Wildman–Crippen LogP) is 0.934. The number of hydrogen-bond donors (Lipinski definition) is 2. The third kappa shape index (κ3) is 2.66. The molecule has 1 atom stereocenters. The maximum Gasteiger partial charge on any atom is 0.195 e. The summed E-state index contributed by atoms with van der Waals surface area (Å²) in [4.78, 5) is 0. The number of thioether (sulfide) groups is 1. The zero-order valence-electron chi connectivity index (χ0n) is 9.99. The Morgan fingerprint density at radius 1 is 1.44 bits per heavy atom. The second-order valence-electron chi connectivity index (χ2n) is 4.54. The molecule has 1 fully saturated rings. The summed E-state index contributed by atoms with van der Waals surface area (Å²) in [5, 5.41) is 21.9. The quantitative estimate of drug-likeness (QED) is 0.760. The molecule has 0 spiro atoms. The van der Waals surface area contributed by atoms with Crippen LogP contribution in [0.5, 0.6) is 0 Å². The maximum absolute atomic E-state index is 9.33. The van der Waals surface area contributed by atoms with Gasteiger partial charge in [-0.25, -0.2) is 0 Å². The lowest BCUT2D eigenvalue weighted by molar-refractivity contribution is 0.253. The van der Waals surface area contributed by atoms with Crippen LogP contribution < -0.4 is 5.32 Å². The maximum atomic E-state index is 9.33. The first-order valence-electron chi connectivity index (χ1n) is 6.16. The number of aliphatic hydroxyl groups excluding tert-OH is 1. The Kier molecular flexibility index (Phi) is 3.49. The predicted molar refractivity (Wildman–Crippen MR) is 70.7 cm³/mol. The molecule has 0 saturated heterocycles. The number of nitrogens with one attached hydrogen (secondary N) is 1. The van der Waals surface area contributed by atoms with Crippen molar-refractivity contribution >= 4 is 17.4 Å². The van der Waals surface area contributed by atoms with Crippen molar-refractivity contribution in [2.45, 2.75) is 30.1 Å². The van der Waals surface area contributed by atoms with Crippen LogP contribution in [-0.2, 0) is 0 Å². The van der Waals surface area contributed by atoms with Gasteiger partial charge in [-0.05, 0) is 25.0 Å². The van der Waals surface area contributed by atoms with Gasteiger partial charge in [0.1, 0.15) is 0 Å². The Balaban J connectivity index is 1.64. The Morgan fingerprint density at radius 3 is 3.11 bits per heavy atom. The normalized spacial score (nSPS) is 17.2. The van der Waals surface area contributed by atoms with Gasteiger partial charge in [0.15, 0.2) is 10.8 Å². The average Bonchev–Trinajstić information content (AvgIpc) is 3.13. The number of rotatable bonds is 6. The van der Waals surface area contributed by atoms with Gasteiger partial charge in [0.25, 0.3) is 0 Å². The first-order valence-corrected chi connectivity index (χ1v) is 7.15. The molecule has 1 saturated carbocycles. The average molecular weight is 264 g/mol. The Bertz CT molecular complexity index is 526. The lowest BCUT2D eigenvalue weighted by atomic mass is 10.3. The Hall–Kier alpha value is -1.11. The van der Waals surface area contributed by atoms with Crippen molar-refractivity contribution in [1.29, 1.82) is 0 Å². The lowest BCUT2D eigenvalue weighted by Crippen LogP contribution is -2.36. The van der Waals surface area contributed by atoms with Crippen molar-refractivity contribution in [2.24, 2.45) is 0 Å². The fraction of sp³-hybridized carbons (Fsp3) is 0.500. The van der Waals surface area contributed by atoms with Gasteiger partial charge in [0.2, 0.25) is 0 Å². The largest absolute Gasteiger partial charge is 0.395 e. The van der Waals surface area contributed by atoms with Gasteiger partial charge in [-0.15, -0.1) is 10.2 Å². The van der Waals surface area contributed by atoms with Gasteiger partial charge in [-0.3, -0.25) is 4.40 Å². The van der Waals surface area contributed by atoms with E-state index < -0.39 is 0 Å². The summed E-state index contributed by atoms with van der Waals surface area (Å²) in [6, 6.07) is 6.59. The number of pyridine rings is 1. The number of hydrogen-bond acceptors (Lipinski definition) is 5. The minimum absolute atomic E-state index is 0.138. The van der Waals surface area contributed by atoms with Crippen LogP contribution in [0.2, 0.25) is 0 Å². The van der Waals surface area contributed by atoms with Crippen LogP contribution >= 0.6 is 11.8 Å². The van der Waals surface area contributed by atoms with E-state index in [4.69, 9.17) is 0 Å². The van der Waals surface area contributed by atoms with Gasteiger partial charge in [0.05, 0.1) is 6.61 Å². The van der Waals surface area contributed by atoms with Crippen LogP contribution in [0.1, 0.15) is 12.8 Å². The molecule has 0 amide bonds. The zero-order chi connectivity index (χ0) is 12.4. The molecule has 2 aromatic rings. The molecule has 1 aliphatic carbocycles. The molecule has 96 valence electrons. The summed E-state index contributed by atoms with van der Waals surface area (Å²) in [5.41, 5.74) is 0.857. The molecule has 0 bridgehead atoms. The van der Waals surface area contributed by atoms with Crippen molar-refractivity contribution in [3.63, 3.8) is 0 Å². The van der Waals surface area contributed by atoms with E-state index in [9.17, 15) is 5.11 Å². The highest BCUT2D eigenvalue weighted by Gasteiger charge is 2.24. The third-order valence-electron chi connectivity index (χ3n) is 2.97. The van der Waals surface area contributed by atoms with Gasteiger partial charge in [0, 0.05) is 24.0 Å². The van der Waals surface area contributed by atoms with Crippen LogP contribution in [0.3, 0.4) is 0 Å². The summed E-state index contributed by atoms with van der Waals surface area (Å²) >= 11 is 1.63. The molecular weight excluding hydrogens is 248 g/mol. The Labute approximate surface area is 110 Å². The van der Waals surface area contributed by atoms with Crippen molar-refractivity contribution in [1.82, 2.24) is 19.9 Å². The molecule has 2 N–H and O–H groups in total. The summed E-state index contributed by atoms with van der Waals surface area (Å²) in [5.74, 6) is 0.808. The van der Waals surface area contributed by atoms with Crippen molar-refractivity contribution in [3.05, 3.63) is 24.4 Å². The molecule has 3 rings (SSSR count). The second kappa shape index (κ2) is 5.26. The van der Waals surface area contributed by atoms with Crippen LogP contribution in [0.4, 0.5) is 0 Å². The van der Waals surface area contributed by atoms with E-state index >= 15 is 0 Å². The van der Waals surface area contributed by atoms with Crippen LogP contribution in [0, 0.1) is 0 Å². The van der Waals surface area contributed by atoms with E-state index in [1.54, 1.807) is 11.8 Å². The molecule has 2 aromatic heterocycles. The van der Waals surface area contributed by atoms with E-state index in [2.05, 4.69) is 15.5 Å². The van der Waals surface area contributed by atoms with Crippen LogP contribution in [0.25, 0.3) is 5.65 Å². The minimum Gasteiger partial charge on any atom is -0.395 e. The van der Waals surface area contributed by atoms with Gasteiger partial charge < -0.3 is 10.4 Å². The molecule has 0 aliphatic heterocycles. The monoisotopic (exact) mass is 264 g/mol. The first-order chi connectivity index (χ1) is 8.86. The molecule has 0 radical (unpaired) electrons. The van der Waals surface area contributed by atoms with Gasteiger partial charge in [-0.2, -0.15) is 0 Å². The molecule has 5 nitrogen and oxygen atoms in total. The smallest absolute Gasteiger partial charge is 0.195 e. The van der Waals surface area contributed by atoms with Crippen molar-refractivity contribution in [2.75, 3.05) is 12.4 Å². The van der Waals surface area contributed by atoms with Crippen LogP contribution in [0.15, 0.2) is 29.6 Å². The van der Waals surface area contributed by atoms with Gasteiger partial charge in [-0.1, -0.05) is 17.8 Å². The SMILES string of the molecule is OCC(CSc1nnc2ccccn12)NC1CC1. The van der Waals surface area contributed by atoms with E-state index in [1.165, 1.54) is 12.8 Å². The van der Waals surface area contributed by atoms with E-state index in [0.29, 0.717) is 6.04 Å². The lowest BCUT2D eigenvalue weighted by Gasteiger charge is -2.14. The number of aliphatic hydroxyl groups is 1. The molecule has 0 aromatic carbocycles. The molecule has 18 heavy (non-hydrogen) atoms. The minimum atomic E-state index is 0.138. The molecular formula is C12H16N4OS. The van der Waals surface area contributed by atoms with Crippen molar-refractivity contribution in [3.8, 4) is 0 Å². The summed E-state index contributed by atoms with van der Waals surface area (Å²) in [6.45, 7) is 0.167.